The Hall–Kier alpha value is -2.12. The van der Waals surface area contributed by atoms with E-state index in [-0.39, 0.29) is 5.96 Å². The molecule has 16 heavy (non-hydrogen) atoms. The van der Waals surface area contributed by atoms with Gasteiger partial charge in [-0.1, -0.05) is 12.1 Å². The van der Waals surface area contributed by atoms with Crippen LogP contribution in [0.1, 0.15) is 6.92 Å². The van der Waals surface area contributed by atoms with Gasteiger partial charge in [-0.05, 0) is 11.2 Å². The number of nitrogens with zero attached hydrogens (tertiary/aromatic N) is 2. The molecule has 0 aromatic heterocycles. The molecule has 1 heterocycles. The molecule has 1 aliphatic rings. The Morgan fingerprint density at radius 1 is 1.56 bits per heavy atom. The molecule has 1 aliphatic heterocycles. The lowest BCUT2D eigenvalue weighted by Gasteiger charge is -2.29. The van der Waals surface area contributed by atoms with Crippen LogP contribution in [0, 0.1) is 5.21 Å². The van der Waals surface area contributed by atoms with Gasteiger partial charge in [-0.3, -0.25) is 0 Å². The van der Waals surface area contributed by atoms with Gasteiger partial charge in [0.25, 0.3) is 5.96 Å². The second kappa shape index (κ2) is 3.80. The van der Waals surface area contributed by atoms with E-state index in [4.69, 9.17) is 10.6 Å². The number of carbonyl (C=O) groups is 1. The first-order chi connectivity index (χ1) is 7.59. The molecule has 84 valence electrons. The third-order valence-electron chi connectivity index (χ3n) is 2.00. The normalized spacial score (nSPS) is 18.8. The molecule has 3 N–H and O–H groups in total. The van der Waals surface area contributed by atoms with Crippen LogP contribution < -0.4 is 16.0 Å². The van der Waals surface area contributed by atoms with Crippen LogP contribution in [0.5, 0.6) is 0 Å². The second-order valence-electron chi connectivity index (χ2n) is 3.17. The maximum Gasteiger partial charge on any atom is 0.330 e. The van der Waals surface area contributed by atoms with Gasteiger partial charge in [0.2, 0.25) is 0 Å². The number of fused-ring (bicyclic) bond motifs is 1. The molecule has 1 unspecified atom stereocenters. The first-order valence-electron chi connectivity index (χ1n) is 4.56. The number of para-hydroxylation sites is 1. The van der Waals surface area contributed by atoms with Gasteiger partial charge in [0.15, 0.2) is 5.69 Å². The fourth-order valence-corrected chi connectivity index (χ4v) is 1.39. The Labute approximate surface area is 91.2 Å². The van der Waals surface area contributed by atoms with Crippen LogP contribution in [0.2, 0.25) is 0 Å². The summed E-state index contributed by atoms with van der Waals surface area (Å²) in [7, 11) is 0. The van der Waals surface area contributed by atoms with Gasteiger partial charge in [-0.15, -0.1) is 5.06 Å². The number of nitrogens with one attached hydrogen (secondary N) is 1. The topological polar surface area (TPSA) is 95.4 Å². The van der Waals surface area contributed by atoms with Gasteiger partial charge in [-0.25, -0.2) is 9.97 Å². The highest BCUT2D eigenvalue weighted by molar-refractivity contribution is 5.97. The molecular weight excluding hydrogens is 212 g/mol. The lowest BCUT2D eigenvalue weighted by atomic mass is 10.2. The van der Waals surface area contributed by atoms with E-state index in [0.717, 1.165) is 5.06 Å². The monoisotopic (exact) mass is 222 g/mol. The molecule has 0 saturated heterocycles. The summed E-state index contributed by atoms with van der Waals surface area (Å²) in [5, 5.41) is 15.6. The molecule has 0 fully saturated rings. The van der Waals surface area contributed by atoms with E-state index >= 15 is 0 Å². The summed E-state index contributed by atoms with van der Waals surface area (Å²) in [6.45, 7) is 1.24. The van der Waals surface area contributed by atoms with Crippen molar-refractivity contribution in [3.05, 3.63) is 29.5 Å². The minimum absolute atomic E-state index is 0.154. The summed E-state index contributed by atoms with van der Waals surface area (Å²) < 4.78 is 0. The molecule has 0 bridgehead atoms. The van der Waals surface area contributed by atoms with Crippen molar-refractivity contribution in [2.45, 2.75) is 6.92 Å². The summed E-state index contributed by atoms with van der Waals surface area (Å²) in [6, 6.07) is 6.61. The molecule has 0 aliphatic carbocycles. The maximum absolute atomic E-state index is 11.5. The zero-order valence-corrected chi connectivity index (χ0v) is 8.51. The van der Waals surface area contributed by atoms with Gasteiger partial charge in [0.1, 0.15) is 5.69 Å². The first-order valence-corrected chi connectivity index (χ1v) is 4.56. The summed E-state index contributed by atoms with van der Waals surface area (Å²) in [5.74, 6) is -0.693. The first kappa shape index (κ1) is 10.4. The Morgan fingerprint density at radius 3 is 2.94 bits per heavy atom. The number of quaternary nitrogens is 1. The van der Waals surface area contributed by atoms with Crippen LogP contribution in [0.25, 0.3) is 0 Å². The number of hydrogen-bond donors (Lipinski definition) is 2. The number of benzene rings is 1. The summed E-state index contributed by atoms with van der Waals surface area (Å²) in [4.78, 5) is 15.8. The molecule has 1 aromatic rings. The zero-order chi connectivity index (χ0) is 11.7. The summed E-state index contributed by atoms with van der Waals surface area (Å²) in [5.41, 5.74) is 6.27. The smallest absolute Gasteiger partial charge is 0.330 e. The van der Waals surface area contributed by atoms with Crippen molar-refractivity contribution in [2.24, 2.45) is 10.8 Å². The predicted molar refractivity (Wildman–Crippen MR) is 56.3 cm³/mol. The predicted octanol–water partition coefficient (Wildman–Crippen LogP) is -0.771. The Kier molecular flexibility index (Phi) is 2.47. The van der Waals surface area contributed by atoms with Crippen molar-refractivity contribution in [1.82, 2.24) is 0 Å². The Bertz CT molecular complexity index is 460. The average molecular weight is 222 g/mol. The largest absolute Gasteiger partial charge is 0.601 e. The maximum atomic E-state index is 11.5. The Balaban J connectivity index is 2.45. The molecule has 0 radical (unpaired) electrons. The van der Waals surface area contributed by atoms with Gasteiger partial charge >= 0.3 is 5.97 Å². The van der Waals surface area contributed by atoms with Crippen LogP contribution in [0.15, 0.2) is 29.4 Å². The lowest BCUT2D eigenvalue weighted by Crippen LogP contribution is -2.98. The lowest BCUT2D eigenvalue weighted by molar-refractivity contribution is -0.784. The third kappa shape index (κ3) is 1.69. The van der Waals surface area contributed by atoms with Gasteiger partial charge in [0.05, 0.1) is 0 Å². The molecule has 7 heteroatoms. The molecular formula is C9H10N4O3. The van der Waals surface area contributed by atoms with E-state index in [9.17, 15) is 10.0 Å². The van der Waals surface area contributed by atoms with Crippen molar-refractivity contribution in [3.8, 4) is 0 Å². The minimum Gasteiger partial charge on any atom is -0.601 e. The molecule has 1 aromatic carbocycles. The van der Waals surface area contributed by atoms with Gasteiger partial charge in [-0.2, -0.15) is 0 Å². The molecule has 0 amide bonds. The summed E-state index contributed by atoms with van der Waals surface area (Å²) >= 11 is 0. The fourth-order valence-electron chi connectivity index (χ4n) is 1.39. The highest BCUT2D eigenvalue weighted by Gasteiger charge is 2.27. The molecule has 0 spiro atoms. The molecule has 7 nitrogen and oxygen atoms in total. The van der Waals surface area contributed by atoms with E-state index in [1.54, 1.807) is 24.3 Å². The van der Waals surface area contributed by atoms with E-state index in [2.05, 4.69) is 5.10 Å². The van der Waals surface area contributed by atoms with Crippen molar-refractivity contribution in [2.75, 3.05) is 5.06 Å². The molecule has 1 atom stereocenters. The van der Waals surface area contributed by atoms with Crippen LogP contribution in [0.3, 0.4) is 0 Å². The second-order valence-corrected chi connectivity index (χ2v) is 3.17. The molecule has 2 rings (SSSR count). The summed E-state index contributed by atoms with van der Waals surface area (Å²) in [6.07, 6.45) is 0. The van der Waals surface area contributed by atoms with Crippen molar-refractivity contribution < 1.29 is 14.8 Å². The zero-order valence-electron chi connectivity index (χ0n) is 8.51. The Morgan fingerprint density at radius 2 is 2.25 bits per heavy atom. The van der Waals surface area contributed by atoms with Crippen LogP contribution in [-0.4, -0.2) is 11.9 Å². The third-order valence-corrected chi connectivity index (χ3v) is 2.00. The standard InChI is InChI=1S/C9H10N4O3/c1-6(14)16-12-7-4-2-3-5-8(7)13(15)11-9(12)10/h2-5,13H,1H3,(H2,10,11). The average Bonchev–Trinajstić information content (AvgIpc) is 2.24. The van der Waals surface area contributed by atoms with Crippen LogP contribution in [0.4, 0.5) is 11.4 Å². The number of carbonyl (C=O) groups excluding carboxylic acids is 1. The SMILES string of the molecule is CC(=O)ON1C(N)=N[NH+]([O-])c2ccccc21. The van der Waals surface area contributed by atoms with Gasteiger partial charge in [0, 0.05) is 13.0 Å². The van der Waals surface area contributed by atoms with Crippen LogP contribution in [-0.2, 0) is 9.63 Å². The molecule has 0 saturated carbocycles. The highest BCUT2D eigenvalue weighted by atomic mass is 16.7. The van der Waals surface area contributed by atoms with Crippen molar-refractivity contribution in [1.29, 1.82) is 0 Å². The number of hydrogen-bond acceptors (Lipinski definition) is 6. The quantitative estimate of drug-likeness (QED) is 0.608. The van der Waals surface area contributed by atoms with Crippen LogP contribution >= 0.6 is 0 Å². The number of anilines is 1. The highest BCUT2D eigenvalue weighted by Crippen LogP contribution is 2.24. The van der Waals surface area contributed by atoms with Gasteiger partial charge < -0.3 is 15.8 Å². The van der Waals surface area contributed by atoms with E-state index in [0.29, 0.717) is 11.4 Å². The minimum atomic E-state index is -0.540. The van der Waals surface area contributed by atoms with E-state index in [1.807, 2.05) is 0 Å². The number of rotatable bonds is 1. The number of hydroxylamine groups is 1. The van der Waals surface area contributed by atoms with Crippen molar-refractivity contribution in [3.63, 3.8) is 0 Å². The van der Waals surface area contributed by atoms with E-state index in [1.165, 1.54) is 6.92 Å². The number of nitrogens with two attached hydrogens (primary N) is 1. The number of guanidine groups is 1. The van der Waals surface area contributed by atoms with E-state index < -0.39 is 11.1 Å². The van der Waals surface area contributed by atoms with Crippen molar-refractivity contribution >= 4 is 23.3 Å². The fraction of sp³-hybridized carbons (Fsp3) is 0.111.